The summed E-state index contributed by atoms with van der Waals surface area (Å²) in [5.74, 6) is -3.18. The maximum atomic E-state index is 10.7. The largest absolute Gasteiger partial charge is 0.481 e. The van der Waals surface area contributed by atoms with Gasteiger partial charge in [-0.2, -0.15) is 0 Å². The highest BCUT2D eigenvalue weighted by molar-refractivity contribution is 5.70. The zero-order valence-corrected chi connectivity index (χ0v) is 5.69. The number of carboxylic acids is 1. The van der Waals surface area contributed by atoms with Crippen LogP contribution in [0.1, 0.15) is 24.6 Å². The van der Waals surface area contributed by atoms with Crippen molar-refractivity contribution in [3.8, 4) is 0 Å². The summed E-state index contributed by atoms with van der Waals surface area (Å²) in [5, 5.41) is 27.3. The molecule has 0 bridgehead atoms. The second-order valence-corrected chi connectivity index (χ2v) is 2.36. The SMILES string of the molecule is [2H]C1([2H])C[C@@H](C(=O)O)C([2H])([2H])[C@@H](O)[C@@H]1O. The van der Waals surface area contributed by atoms with Gasteiger partial charge < -0.3 is 15.3 Å². The third-order valence-corrected chi connectivity index (χ3v) is 1.50. The molecule has 1 fully saturated rings. The molecule has 0 aromatic carbocycles. The molecular formula is C7H12O4. The van der Waals surface area contributed by atoms with Crippen LogP contribution in [-0.2, 0) is 4.79 Å². The molecule has 0 aromatic heterocycles. The standard InChI is InChI=1S/C7H12O4/c8-5-2-1-4(7(10)11)3-6(5)9/h4-6,8-9H,1-3H2,(H,10,11)/t4-,5-,6-/m1/s1/i2D2,3D2. The highest BCUT2D eigenvalue weighted by Crippen LogP contribution is 2.24. The highest BCUT2D eigenvalue weighted by Gasteiger charge is 2.31. The van der Waals surface area contributed by atoms with E-state index in [1.807, 2.05) is 0 Å². The number of carbonyl (C=O) groups is 1. The Morgan fingerprint density at radius 2 is 2.09 bits per heavy atom. The average molecular weight is 164 g/mol. The first-order chi connectivity index (χ1) is 6.60. The fraction of sp³-hybridized carbons (Fsp3) is 0.857. The van der Waals surface area contributed by atoms with Crippen LogP contribution < -0.4 is 0 Å². The summed E-state index contributed by atoms with van der Waals surface area (Å²) in [6.45, 7) is 0. The number of hydrogen-bond donors (Lipinski definition) is 3. The van der Waals surface area contributed by atoms with Gasteiger partial charge in [-0.05, 0) is 19.2 Å². The van der Waals surface area contributed by atoms with Crippen LogP contribution in [0.5, 0.6) is 0 Å². The molecule has 4 nitrogen and oxygen atoms in total. The van der Waals surface area contributed by atoms with Crippen LogP contribution in [0.4, 0.5) is 0 Å². The zero-order valence-electron chi connectivity index (χ0n) is 9.69. The second kappa shape index (κ2) is 3.19. The van der Waals surface area contributed by atoms with Gasteiger partial charge in [-0.1, -0.05) is 0 Å². The smallest absolute Gasteiger partial charge is 0.306 e. The van der Waals surface area contributed by atoms with Crippen molar-refractivity contribution < 1.29 is 25.6 Å². The van der Waals surface area contributed by atoms with Crippen molar-refractivity contribution in [1.29, 1.82) is 0 Å². The van der Waals surface area contributed by atoms with Crippen LogP contribution in [-0.4, -0.2) is 33.5 Å². The van der Waals surface area contributed by atoms with E-state index in [9.17, 15) is 15.0 Å². The minimum absolute atomic E-state index is 0.659. The Kier molecular flexibility index (Phi) is 1.28. The Morgan fingerprint density at radius 3 is 2.64 bits per heavy atom. The molecule has 3 atom stereocenters. The van der Waals surface area contributed by atoms with Crippen molar-refractivity contribution in [2.45, 2.75) is 31.4 Å². The van der Waals surface area contributed by atoms with Crippen LogP contribution in [0, 0.1) is 5.92 Å². The fourth-order valence-electron chi connectivity index (χ4n) is 0.865. The zero-order chi connectivity index (χ0) is 12.0. The first-order valence-electron chi connectivity index (χ1n) is 5.19. The van der Waals surface area contributed by atoms with Crippen molar-refractivity contribution in [2.24, 2.45) is 5.92 Å². The van der Waals surface area contributed by atoms with E-state index in [1.165, 1.54) is 0 Å². The van der Waals surface area contributed by atoms with Gasteiger partial charge in [0.25, 0.3) is 0 Å². The number of hydrogen-bond acceptors (Lipinski definition) is 3. The van der Waals surface area contributed by atoms with Crippen molar-refractivity contribution >= 4 is 5.97 Å². The summed E-state index contributed by atoms with van der Waals surface area (Å²) >= 11 is 0. The maximum absolute atomic E-state index is 10.7. The summed E-state index contributed by atoms with van der Waals surface area (Å²) in [6.07, 6.45) is -9.44. The fourth-order valence-corrected chi connectivity index (χ4v) is 0.865. The third kappa shape index (κ3) is 1.91. The maximum Gasteiger partial charge on any atom is 0.306 e. The van der Waals surface area contributed by atoms with E-state index in [2.05, 4.69) is 0 Å². The molecule has 1 aliphatic rings. The highest BCUT2D eigenvalue weighted by atomic mass is 16.4. The summed E-state index contributed by atoms with van der Waals surface area (Å²) in [4.78, 5) is 10.7. The Labute approximate surface area is 70.1 Å². The third-order valence-electron chi connectivity index (χ3n) is 1.50. The van der Waals surface area contributed by atoms with E-state index in [4.69, 9.17) is 10.6 Å². The van der Waals surface area contributed by atoms with Gasteiger partial charge in [-0.25, -0.2) is 0 Å². The first-order valence-corrected chi connectivity index (χ1v) is 3.19. The van der Waals surface area contributed by atoms with E-state index >= 15 is 0 Å². The second-order valence-electron chi connectivity index (χ2n) is 2.36. The van der Waals surface area contributed by atoms with Gasteiger partial charge in [0.05, 0.1) is 18.1 Å². The van der Waals surface area contributed by atoms with E-state index in [0.29, 0.717) is 0 Å². The number of rotatable bonds is 1. The topological polar surface area (TPSA) is 77.8 Å². The molecule has 1 rings (SSSR count). The molecule has 0 aromatic rings. The predicted molar refractivity (Wildman–Crippen MR) is 37.0 cm³/mol. The molecule has 0 saturated heterocycles. The van der Waals surface area contributed by atoms with Crippen molar-refractivity contribution in [3.05, 3.63) is 0 Å². The molecule has 0 amide bonds. The van der Waals surface area contributed by atoms with Crippen LogP contribution in [0.2, 0.25) is 0 Å². The van der Waals surface area contributed by atoms with E-state index < -0.39 is 43.3 Å². The van der Waals surface area contributed by atoms with Crippen LogP contribution >= 0.6 is 0 Å². The summed E-state index contributed by atoms with van der Waals surface area (Å²) in [5.41, 5.74) is 0. The van der Waals surface area contributed by atoms with Crippen molar-refractivity contribution in [3.63, 3.8) is 0 Å². The Hall–Kier alpha value is -0.610. The summed E-state index contributed by atoms with van der Waals surface area (Å²) in [6, 6.07) is 0. The molecule has 64 valence electrons. The molecule has 0 unspecified atom stereocenters. The van der Waals surface area contributed by atoms with Gasteiger partial charge in [-0.3, -0.25) is 4.79 Å². The summed E-state index contributed by atoms with van der Waals surface area (Å²) in [7, 11) is 0. The Bertz CT molecular complexity index is 280. The van der Waals surface area contributed by atoms with Crippen LogP contribution in [0.25, 0.3) is 0 Å². The normalized spacial score (nSPS) is 53.1. The van der Waals surface area contributed by atoms with Gasteiger partial charge >= 0.3 is 5.97 Å². The van der Waals surface area contributed by atoms with Gasteiger partial charge in [0, 0.05) is 5.48 Å². The lowest BCUT2D eigenvalue weighted by atomic mass is 9.85. The molecule has 1 aliphatic carbocycles. The van der Waals surface area contributed by atoms with E-state index in [0.717, 1.165) is 0 Å². The number of carboxylic acid groups (broad SMARTS) is 1. The molecule has 4 heteroatoms. The van der Waals surface area contributed by atoms with Gasteiger partial charge in [0.1, 0.15) is 0 Å². The van der Waals surface area contributed by atoms with Gasteiger partial charge in [-0.15, -0.1) is 0 Å². The lowest BCUT2D eigenvalue weighted by molar-refractivity contribution is -0.146. The average Bonchev–Trinajstić information content (AvgIpc) is 2.09. The Balaban J connectivity index is 3.07. The van der Waals surface area contributed by atoms with E-state index in [-0.39, 0.29) is 0 Å². The van der Waals surface area contributed by atoms with Gasteiger partial charge in [0.15, 0.2) is 0 Å². The lowest BCUT2D eigenvalue weighted by Gasteiger charge is -2.27. The van der Waals surface area contributed by atoms with Crippen LogP contribution in [0.3, 0.4) is 0 Å². The number of aliphatic hydroxyl groups is 2. The predicted octanol–water partition coefficient (Wildman–Crippen LogP) is -0.407. The molecule has 1 saturated carbocycles. The molecule has 3 N–H and O–H groups in total. The molecule has 11 heavy (non-hydrogen) atoms. The molecule has 0 aliphatic heterocycles. The first kappa shape index (κ1) is 4.42. The van der Waals surface area contributed by atoms with Crippen molar-refractivity contribution in [2.75, 3.05) is 0 Å². The van der Waals surface area contributed by atoms with Crippen LogP contribution in [0.15, 0.2) is 0 Å². The number of aliphatic hydroxyl groups excluding tert-OH is 2. The van der Waals surface area contributed by atoms with E-state index in [1.54, 1.807) is 0 Å². The summed E-state index contributed by atoms with van der Waals surface area (Å²) < 4.78 is 29.3. The lowest BCUT2D eigenvalue weighted by Crippen LogP contribution is -2.36. The van der Waals surface area contributed by atoms with Crippen molar-refractivity contribution in [1.82, 2.24) is 0 Å². The minimum Gasteiger partial charge on any atom is -0.481 e. The molecular weight excluding hydrogens is 148 g/mol. The monoisotopic (exact) mass is 164 g/mol. The Morgan fingerprint density at radius 1 is 1.45 bits per heavy atom. The molecule has 0 spiro atoms. The molecule has 0 radical (unpaired) electrons. The minimum atomic E-state index is -2.53. The number of aliphatic carboxylic acids is 1. The quantitative estimate of drug-likeness (QED) is 0.492. The van der Waals surface area contributed by atoms with Gasteiger partial charge in [0.2, 0.25) is 0 Å². The molecule has 0 heterocycles.